The van der Waals surface area contributed by atoms with Gasteiger partial charge in [-0.3, -0.25) is 24.5 Å². The van der Waals surface area contributed by atoms with Gasteiger partial charge >= 0.3 is 0 Å². The van der Waals surface area contributed by atoms with Crippen molar-refractivity contribution in [2.45, 2.75) is 70.0 Å². The third kappa shape index (κ3) is 5.42. The predicted molar refractivity (Wildman–Crippen MR) is 146 cm³/mol. The zero-order valence-electron chi connectivity index (χ0n) is 22.6. The van der Waals surface area contributed by atoms with Gasteiger partial charge in [0.05, 0.1) is 12.6 Å². The first kappa shape index (κ1) is 26.3. The Morgan fingerprint density at radius 2 is 1.65 bits per heavy atom. The Kier molecular flexibility index (Phi) is 7.45. The lowest BCUT2D eigenvalue weighted by molar-refractivity contribution is -0.136. The number of likely N-dealkylation sites (tertiary alicyclic amines) is 1. The molecule has 4 aliphatic rings. The number of carbonyl (C=O) groups is 4. The average Bonchev–Trinajstić information content (AvgIpc) is 3.26. The van der Waals surface area contributed by atoms with Crippen molar-refractivity contribution in [3.05, 3.63) is 59.2 Å². The van der Waals surface area contributed by atoms with Crippen molar-refractivity contribution in [3.63, 3.8) is 0 Å². The van der Waals surface area contributed by atoms with Crippen molar-refractivity contribution in [3.8, 4) is 11.5 Å². The average molecular weight is 546 g/mol. The quantitative estimate of drug-likeness (QED) is 0.507. The second kappa shape index (κ2) is 11.3. The highest BCUT2D eigenvalue weighted by molar-refractivity contribution is 6.05. The Morgan fingerprint density at radius 3 is 2.40 bits per heavy atom. The SMILES string of the molecule is O=C1CCC(N2Cc3cc(OC[C@H]4CCCCN4C(=O)c4ccc(OCC5CCC5)cc4)ccc3C2=O)C(=O)N1. The topological polar surface area (TPSA) is 105 Å². The Bertz CT molecular complexity index is 1300. The van der Waals surface area contributed by atoms with Crippen LogP contribution in [0.25, 0.3) is 0 Å². The van der Waals surface area contributed by atoms with E-state index in [1.807, 2.05) is 35.2 Å². The molecule has 0 radical (unpaired) electrons. The molecule has 9 heteroatoms. The van der Waals surface area contributed by atoms with Crippen LogP contribution in [-0.4, -0.2) is 65.3 Å². The third-order valence-corrected chi connectivity index (χ3v) is 8.64. The van der Waals surface area contributed by atoms with E-state index in [0.717, 1.165) is 37.2 Å². The summed E-state index contributed by atoms with van der Waals surface area (Å²) in [6.45, 7) is 2.08. The van der Waals surface area contributed by atoms with Gasteiger partial charge in [-0.05, 0) is 92.5 Å². The number of imide groups is 1. The van der Waals surface area contributed by atoms with E-state index < -0.39 is 11.9 Å². The van der Waals surface area contributed by atoms with Gasteiger partial charge in [0, 0.05) is 30.6 Å². The molecular weight excluding hydrogens is 510 g/mol. The van der Waals surface area contributed by atoms with Crippen LogP contribution in [0.15, 0.2) is 42.5 Å². The van der Waals surface area contributed by atoms with Gasteiger partial charge in [-0.25, -0.2) is 0 Å². The number of benzene rings is 2. The summed E-state index contributed by atoms with van der Waals surface area (Å²) in [5.41, 5.74) is 1.99. The number of hydrogen-bond acceptors (Lipinski definition) is 6. The molecule has 2 aromatic carbocycles. The van der Waals surface area contributed by atoms with Crippen molar-refractivity contribution in [1.29, 1.82) is 0 Å². The molecule has 3 aliphatic heterocycles. The maximum atomic E-state index is 13.4. The number of hydrogen-bond donors (Lipinski definition) is 1. The van der Waals surface area contributed by atoms with Crippen molar-refractivity contribution >= 4 is 23.6 Å². The molecule has 1 aliphatic carbocycles. The highest BCUT2D eigenvalue weighted by Gasteiger charge is 2.39. The van der Waals surface area contributed by atoms with Crippen LogP contribution in [0.4, 0.5) is 0 Å². The molecule has 2 atom stereocenters. The Morgan fingerprint density at radius 1 is 0.875 bits per heavy atom. The molecule has 0 aromatic heterocycles. The van der Waals surface area contributed by atoms with Crippen LogP contribution >= 0.6 is 0 Å². The van der Waals surface area contributed by atoms with Crippen LogP contribution in [0.3, 0.4) is 0 Å². The lowest BCUT2D eigenvalue weighted by atomic mass is 9.86. The summed E-state index contributed by atoms with van der Waals surface area (Å²) in [7, 11) is 0. The lowest BCUT2D eigenvalue weighted by Gasteiger charge is -2.35. The number of nitrogens with zero attached hydrogens (tertiary/aromatic N) is 2. The Hall–Kier alpha value is -3.88. The molecule has 210 valence electrons. The fourth-order valence-electron chi connectivity index (χ4n) is 6.01. The first-order chi connectivity index (χ1) is 19.5. The van der Waals surface area contributed by atoms with Crippen LogP contribution in [0.2, 0.25) is 0 Å². The van der Waals surface area contributed by atoms with Crippen LogP contribution in [0.1, 0.15) is 77.6 Å². The number of rotatable bonds is 8. The van der Waals surface area contributed by atoms with Crippen molar-refractivity contribution < 1.29 is 28.7 Å². The van der Waals surface area contributed by atoms with E-state index in [2.05, 4.69) is 5.32 Å². The van der Waals surface area contributed by atoms with Crippen molar-refractivity contribution in [2.75, 3.05) is 19.8 Å². The number of carbonyl (C=O) groups excluding carboxylic acids is 4. The second-order valence-electron chi connectivity index (χ2n) is 11.3. The monoisotopic (exact) mass is 545 g/mol. The molecule has 2 saturated heterocycles. The summed E-state index contributed by atoms with van der Waals surface area (Å²) in [6, 6.07) is 12.1. The predicted octanol–water partition coefficient (Wildman–Crippen LogP) is 3.70. The molecule has 0 bridgehead atoms. The molecule has 40 heavy (non-hydrogen) atoms. The van der Waals surface area contributed by atoms with Crippen LogP contribution < -0.4 is 14.8 Å². The molecule has 1 unspecified atom stereocenters. The number of amides is 4. The van der Waals surface area contributed by atoms with E-state index in [9.17, 15) is 19.2 Å². The minimum absolute atomic E-state index is 0.00160. The summed E-state index contributed by atoms with van der Waals surface area (Å²) < 4.78 is 12.0. The lowest BCUT2D eigenvalue weighted by Crippen LogP contribution is -2.52. The molecule has 1 N–H and O–H groups in total. The minimum atomic E-state index is -0.646. The zero-order chi connectivity index (χ0) is 27.6. The van der Waals surface area contributed by atoms with E-state index in [-0.39, 0.29) is 30.2 Å². The molecular formula is C31H35N3O6. The normalized spacial score (nSPS) is 22.9. The zero-order valence-corrected chi connectivity index (χ0v) is 22.6. The molecule has 4 amide bonds. The largest absolute Gasteiger partial charge is 0.493 e. The molecule has 3 heterocycles. The van der Waals surface area contributed by atoms with Crippen LogP contribution in [0.5, 0.6) is 11.5 Å². The molecule has 1 saturated carbocycles. The summed E-state index contributed by atoms with van der Waals surface area (Å²) >= 11 is 0. The van der Waals surface area contributed by atoms with Gasteiger partial charge in [-0.1, -0.05) is 6.42 Å². The van der Waals surface area contributed by atoms with Gasteiger partial charge in [0.1, 0.15) is 24.1 Å². The third-order valence-electron chi connectivity index (χ3n) is 8.64. The standard InChI is InChI=1S/C31H35N3O6/c35-28-14-13-27(29(36)32-28)34-17-22-16-25(11-12-26(22)31(34)38)40-19-23-6-1-2-15-33(23)30(37)21-7-9-24(10-8-21)39-18-20-4-3-5-20/h7-12,16,20,23,27H,1-6,13-15,17-19H2,(H,32,35,36)/t23-,27?/m1/s1. The Balaban J connectivity index is 1.07. The minimum Gasteiger partial charge on any atom is -0.493 e. The molecule has 0 spiro atoms. The maximum absolute atomic E-state index is 13.4. The van der Waals surface area contributed by atoms with E-state index in [0.29, 0.717) is 48.9 Å². The fraction of sp³-hybridized carbons (Fsp3) is 0.484. The number of fused-ring (bicyclic) bond motifs is 1. The first-order valence-corrected chi connectivity index (χ1v) is 14.4. The van der Waals surface area contributed by atoms with Crippen LogP contribution in [0, 0.1) is 5.92 Å². The smallest absolute Gasteiger partial charge is 0.255 e. The maximum Gasteiger partial charge on any atom is 0.255 e. The molecule has 2 aromatic rings. The summed E-state index contributed by atoms with van der Waals surface area (Å²) in [6.07, 6.45) is 7.17. The van der Waals surface area contributed by atoms with Crippen molar-refractivity contribution in [2.24, 2.45) is 5.92 Å². The Labute approximate surface area is 233 Å². The van der Waals surface area contributed by atoms with Crippen molar-refractivity contribution in [1.82, 2.24) is 15.1 Å². The van der Waals surface area contributed by atoms with Gasteiger partial charge in [0.15, 0.2) is 0 Å². The highest BCUT2D eigenvalue weighted by Crippen LogP contribution is 2.31. The van der Waals surface area contributed by atoms with Gasteiger partial charge in [0.25, 0.3) is 11.8 Å². The number of nitrogens with one attached hydrogen (secondary N) is 1. The van der Waals surface area contributed by atoms with Gasteiger partial charge < -0.3 is 19.3 Å². The second-order valence-corrected chi connectivity index (χ2v) is 11.3. The first-order valence-electron chi connectivity index (χ1n) is 14.4. The van der Waals surface area contributed by atoms with E-state index in [1.165, 1.54) is 24.2 Å². The summed E-state index contributed by atoms with van der Waals surface area (Å²) in [5, 5.41) is 2.33. The summed E-state index contributed by atoms with van der Waals surface area (Å²) in [5.74, 6) is 1.15. The summed E-state index contributed by atoms with van der Waals surface area (Å²) in [4.78, 5) is 53.6. The van der Waals surface area contributed by atoms with Gasteiger partial charge in [-0.15, -0.1) is 0 Å². The van der Waals surface area contributed by atoms with E-state index in [4.69, 9.17) is 9.47 Å². The van der Waals surface area contributed by atoms with Gasteiger partial charge in [-0.2, -0.15) is 0 Å². The highest BCUT2D eigenvalue weighted by atomic mass is 16.5. The van der Waals surface area contributed by atoms with E-state index in [1.54, 1.807) is 12.1 Å². The van der Waals surface area contributed by atoms with E-state index >= 15 is 0 Å². The number of ether oxygens (including phenoxy) is 2. The molecule has 6 rings (SSSR count). The van der Waals surface area contributed by atoms with Crippen LogP contribution in [-0.2, 0) is 16.1 Å². The number of piperidine rings is 2. The molecule has 9 nitrogen and oxygen atoms in total. The fourth-order valence-corrected chi connectivity index (χ4v) is 6.01. The molecule has 3 fully saturated rings. The van der Waals surface area contributed by atoms with Gasteiger partial charge in [0.2, 0.25) is 11.8 Å².